The number of fused-ring (bicyclic) bond motifs is 1. The van der Waals surface area contributed by atoms with Gasteiger partial charge in [-0.2, -0.15) is 0 Å². The zero-order chi connectivity index (χ0) is 25.2. The van der Waals surface area contributed by atoms with E-state index in [2.05, 4.69) is 9.88 Å². The molecule has 9 heteroatoms. The topological polar surface area (TPSA) is 71.4 Å². The molecule has 5 rings (SSSR count). The summed E-state index contributed by atoms with van der Waals surface area (Å²) in [4.78, 5) is 39.0. The van der Waals surface area contributed by atoms with E-state index in [0.29, 0.717) is 11.6 Å². The number of benzene rings is 3. The van der Waals surface area contributed by atoms with Crippen molar-refractivity contribution in [3.8, 4) is 0 Å². The Bertz CT molecular complexity index is 1530. The molecule has 1 fully saturated rings. The number of nitrogens with zero attached hydrogens (tertiary/aromatic N) is 2. The first-order chi connectivity index (χ1) is 17.4. The first-order valence-corrected chi connectivity index (χ1v) is 12.2. The number of carbonyl (C=O) groups excluding carboxylic acids is 3. The summed E-state index contributed by atoms with van der Waals surface area (Å²) in [6.45, 7) is 0.143. The summed E-state index contributed by atoms with van der Waals surface area (Å²) in [5, 5.41) is 3.56. The first-order valence-electron chi connectivity index (χ1n) is 11.0. The van der Waals surface area contributed by atoms with Crippen LogP contribution < -0.4 is 5.32 Å². The smallest absolute Gasteiger partial charge is 0.294 e. The Morgan fingerprint density at radius 3 is 2.58 bits per heavy atom. The van der Waals surface area contributed by atoms with Crippen molar-refractivity contribution in [2.45, 2.75) is 6.54 Å². The molecule has 180 valence electrons. The number of rotatable bonds is 6. The second-order valence-corrected chi connectivity index (χ2v) is 9.61. The standard InChI is InChI=1S/C27H19ClFN3O3S/c28-19-10-8-17(9-11-19)14-31-15-18(22-6-1-2-7-23(22)31)12-24-26(34)32(27(35)36-24)16-25(33)30-21-5-3-4-20(29)13-21/h1-13,15H,14,16H2,(H,30,33)/b24-12+. The van der Waals surface area contributed by atoms with Gasteiger partial charge in [0.1, 0.15) is 12.4 Å². The molecule has 4 aromatic rings. The van der Waals surface area contributed by atoms with E-state index in [1.165, 1.54) is 18.2 Å². The minimum absolute atomic E-state index is 0.230. The van der Waals surface area contributed by atoms with Gasteiger partial charge in [-0.15, -0.1) is 0 Å². The van der Waals surface area contributed by atoms with Gasteiger partial charge in [0, 0.05) is 39.9 Å². The van der Waals surface area contributed by atoms with E-state index < -0.39 is 29.4 Å². The lowest BCUT2D eigenvalue weighted by atomic mass is 10.1. The molecule has 1 N–H and O–H groups in total. The van der Waals surface area contributed by atoms with Gasteiger partial charge in [-0.25, -0.2) is 4.39 Å². The molecule has 0 atom stereocenters. The number of halogens is 2. The largest absolute Gasteiger partial charge is 0.342 e. The maximum absolute atomic E-state index is 13.4. The zero-order valence-electron chi connectivity index (χ0n) is 18.8. The highest BCUT2D eigenvalue weighted by atomic mass is 35.5. The van der Waals surface area contributed by atoms with Gasteiger partial charge in [0.25, 0.3) is 11.1 Å². The zero-order valence-corrected chi connectivity index (χ0v) is 20.4. The van der Waals surface area contributed by atoms with E-state index in [1.807, 2.05) is 54.7 Å². The third-order valence-corrected chi connectivity index (χ3v) is 6.82. The Kier molecular flexibility index (Phi) is 6.63. The number of carbonyl (C=O) groups is 3. The molecular formula is C27H19ClFN3O3S. The molecular weight excluding hydrogens is 501 g/mol. The van der Waals surface area contributed by atoms with Crippen molar-refractivity contribution in [2.24, 2.45) is 0 Å². The van der Waals surface area contributed by atoms with Crippen LogP contribution in [0, 0.1) is 5.82 Å². The average Bonchev–Trinajstić information content (AvgIpc) is 3.32. The maximum Gasteiger partial charge on any atom is 0.294 e. The van der Waals surface area contributed by atoms with Crippen LogP contribution in [-0.2, 0) is 16.1 Å². The molecule has 3 aromatic carbocycles. The highest BCUT2D eigenvalue weighted by molar-refractivity contribution is 8.18. The highest BCUT2D eigenvalue weighted by Crippen LogP contribution is 2.34. The number of hydrogen-bond donors (Lipinski definition) is 1. The number of imide groups is 1. The molecule has 0 aliphatic carbocycles. The number of aromatic nitrogens is 1. The molecule has 0 saturated carbocycles. The Hall–Kier alpha value is -3.88. The van der Waals surface area contributed by atoms with Gasteiger partial charge >= 0.3 is 0 Å². The molecule has 1 aliphatic heterocycles. The van der Waals surface area contributed by atoms with Crippen LogP contribution in [-0.4, -0.2) is 33.1 Å². The van der Waals surface area contributed by atoms with Crippen LogP contribution in [0.5, 0.6) is 0 Å². The van der Waals surface area contributed by atoms with Crippen LogP contribution in [0.2, 0.25) is 5.02 Å². The molecule has 2 heterocycles. The number of nitrogens with one attached hydrogen (secondary N) is 1. The van der Waals surface area contributed by atoms with E-state index in [1.54, 1.807) is 6.08 Å². The summed E-state index contributed by atoms with van der Waals surface area (Å²) in [6.07, 6.45) is 3.61. The van der Waals surface area contributed by atoms with Crippen LogP contribution in [0.15, 0.2) is 83.9 Å². The summed E-state index contributed by atoms with van der Waals surface area (Å²) in [6, 6.07) is 20.8. The Balaban J connectivity index is 1.37. The molecule has 1 aliphatic rings. The van der Waals surface area contributed by atoms with Crippen molar-refractivity contribution in [2.75, 3.05) is 11.9 Å². The summed E-state index contributed by atoms with van der Waals surface area (Å²) < 4.78 is 15.4. The third-order valence-electron chi connectivity index (χ3n) is 5.66. The molecule has 6 nitrogen and oxygen atoms in total. The van der Waals surface area contributed by atoms with Gasteiger partial charge in [-0.3, -0.25) is 19.3 Å². The number of amides is 3. The van der Waals surface area contributed by atoms with Gasteiger partial charge in [-0.1, -0.05) is 48.0 Å². The Morgan fingerprint density at radius 2 is 1.81 bits per heavy atom. The predicted molar refractivity (Wildman–Crippen MR) is 140 cm³/mol. The minimum Gasteiger partial charge on any atom is -0.342 e. The lowest BCUT2D eigenvalue weighted by molar-refractivity contribution is -0.127. The molecule has 0 radical (unpaired) electrons. The van der Waals surface area contributed by atoms with Crippen molar-refractivity contribution in [1.29, 1.82) is 0 Å². The van der Waals surface area contributed by atoms with Crippen molar-refractivity contribution in [1.82, 2.24) is 9.47 Å². The van der Waals surface area contributed by atoms with Gasteiger partial charge in [0.15, 0.2) is 0 Å². The summed E-state index contributed by atoms with van der Waals surface area (Å²) in [5.74, 6) is -1.64. The van der Waals surface area contributed by atoms with Crippen molar-refractivity contribution in [3.05, 3.63) is 106 Å². The van der Waals surface area contributed by atoms with Crippen LogP contribution in [0.1, 0.15) is 11.1 Å². The molecule has 0 bridgehead atoms. The molecule has 36 heavy (non-hydrogen) atoms. The summed E-state index contributed by atoms with van der Waals surface area (Å²) in [7, 11) is 0. The van der Waals surface area contributed by atoms with Crippen molar-refractivity contribution in [3.63, 3.8) is 0 Å². The SMILES string of the molecule is O=C(CN1C(=O)S/C(=C/c2cn(Cc3ccc(Cl)cc3)c3ccccc23)C1=O)Nc1cccc(F)c1. The normalized spacial score (nSPS) is 14.7. The lowest BCUT2D eigenvalue weighted by Crippen LogP contribution is -2.36. The fourth-order valence-electron chi connectivity index (χ4n) is 4.00. The highest BCUT2D eigenvalue weighted by Gasteiger charge is 2.36. The van der Waals surface area contributed by atoms with Crippen LogP contribution in [0.3, 0.4) is 0 Å². The van der Waals surface area contributed by atoms with E-state index in [0.717, 1.165) is 44.8 Å². The average molecular weight is 520 g/mol. The third kappa shape index (κ3) is 5.05. The van der Waals surface area contributed by atoms with Gasteiger partial charge < -0.3 is 9.88 Å². The number of thioether (sulfide) groups is 1. The summed E-state index contributed by atoms with van der Waals surface area (Å²) >= 11 is 6.79. The van der Waals surface area contributed by atoms with Crippen molar-refractivity contribution < 1.29 is 18.8 Å². The summed E-state index contributed by atoms with van der Waals surface area (Å²) in [5.41, 5.74) is 3.08. The molecule has 1 aromatic heterocycles. The second kappa shape index (κ2) is 10.0. The maximum atomic E-state index is 13.4. The fraction of sp³-hybridized carbons (Fsp3) is 0.0741. The van der Waals surface area contributed by atoms with Gasteiger partial charge in [-0.05, 0) is 59.8 Å². The quantitative estimate of drug-likeness (QED) is 0.310. The molecule has 0 spiro atoms. The fourth-order valence-corrected chi connectivity index (χ4v) is 4.95. The molecule has 0 unspecified atom stereocenters. The van der Waals surface area contributed by atoms with Crippen LogP contribution in [0.4, 0.5) is 14.9 Å². The van der Waals surface area contributed by atoms with E-state index in [9.17, 15) is 18.8 Å². The molecule has 1 saturated heterocycles. The van der Waals surface area contributed by atoms with Gasteiger partial charge in [0.05, 0.1) is 4.91 Å². The Labute approximate surface area is 215 Å². The van der Waals surface area contributed by atoms with Crippen LogP contribution in [0.25, 0.3) is 17.0 Å². The van der Waals surface area contributed by atoms with Gasteiger partial charge in [0.2, 0.25) is 5.91 Å². The number of anilines is 1. The number of hydrogen-bond acceptors (Lipinski definition) is 4. The van der Waals surface area contributed by atoms with Crippen LogP contribution >= 0.6 is 23.4 Å². The van der Waals surface area contributed by atoms with E-state index in [-0.39, 0.29) is 10.6 Å². The van der Waals surface area contributed by atoms with Crippen molar-refractivity contribution >= 4 is 63.1 Å². The minimum atomic E-state index is -0.594. The molecule has 3 amide bonds. The number of para-hydroxylation sites is 1. The predicted octanol–water partition coefficient (Wildman–Crippen LogP) is 6.16. The monoisotopic (exact) mass is 519 g/mol. The first kappa shape index (κ1) is 23.8. The Morgan fingerprint density at radius 1 is 1.03 bits per heavy atom. The van der Waals surface area contributed by atoms with E-state index >= 15 is 0 Å². The second-order valence-electron chi connectivity index (χ2n) is 8.18. The lowest BCUT2D eigenvalue weighted by Gasteiger charge is -2.12. The van der Waals surface area contributed by atoms with E-state index in [4.69, 9.17) is 11.6 Å².